The minimum absolute atomic E-state index is 0.160. The largest absolute Gasteiger partial charge is 0.338 e. The molecule has 3 aromatic rings. The van der Waals surface area contributed by atoms with Crippen LogP contribution in [0.15, 0.2) is 42.6 Å². The summed E-state index contributed by atoms with van der Waals surface area (Å²) in [6, 6.07) is 11.3. The molecule has 0 unspecified atom stereocenters. The molecule has 0 saturated carbocycles. The molecule has 0 saturated heterocycles. The van der Waals surface area contributed by atoms with E-state index < -0.39 is 0 Å². The number of nitrogens with two attached hydrogens (primary N) is 1. The average Bonchev–Trinajstić information content (AvgIpc) is 2.90. The summed E-state index contributed by atoms with van der Waals surface area (Å²) < 4.78 is 1.78. The van der Waals surface area contributed by atoms with Crippen molar-refractivity contribution in [2.45, 2.75) is 20.0 Å². The Morgan fingerprint density at radius 3 is 2.85 bits per heavy atom. The highest BCUT2D eigenvalue weighted by Crippen LogP contribution is 2.37. The molecule has 1 aliphatic rings. The van der Waals surface area contributed by atoms with Gasteiger partial charge in [0.1, 0.15) is 5.82 Å². The zero-order valence-electron chi connectivity index (χ0n) is 15.2. The van der Waals surface area contributed by atoms with E-state index in [1.165, 1.54) is 0 Å². The van der Waals surface area contributed by atoms with Crippen LogP contribution in [0.4, 0.5) is 17.2 Å². The third kappa shape index (κ3) is 3.07. The van der Waals surface area contributed by atoms with Gasteiger partial charge in [0.2, 0.25) is 0 Å². The maximum absolute atomic E-state index is 13.4. The first-order valence-electron chi connectivity index (χ1n) is 8.67. The van der Waals surface area contributed by atoms with Crippen molar-refractivity contribution in [1.29, 1.82) is 0 Å². The third-order valence-electron chi connectivity index (χ3n) is 4.78. The molecule has 6 nitrogen and oxygen atoms in total. The summed E-state index contributed by atoms with van der Waals surface area (Å²) in [5.41, 5.74) is 10.7. The molecule has 2 aromatic carbocycles. The van der Waals surface area contributed by atoms with E-state index in [-0.39, 0.29) is 5.91 Å². The normalized spacial score (nSPS) is 12.8. The van der Waals surface area contributed by atoms with Crippen molar-refractivity contribution in [3.63, 3.8) is 0 Å². The number of nitrogens with zero attached hydrogens (tertiary/aromatic N) is 3. The number of aryl methyl sites for hydroxylation is 2. The van der Waals surface area contributed by atoms with E-state index in [2.05, 4.69) is 10.4 Å². The SMILES string of the molecule is Cc1ccc2c(c1)Nc1c(cnn1C)CN2C(=O)c1ccc(CN)cc1Cl. The minimum atomic E-state index is -0.160. The van der Waals surface area contributed by atoms with Gasteiger partial charge in [-0.2, -0.15) is 5.10 Å². The Kier molecular flexibility index (Phi) is 4.37. The number of rotatable bonds is 2. The van der Waals surface area contributed by atoms with Crippen LogP contribution in [0.3, 0.4) is 0 Å². The maximum atomic E-state index is 13.4. The molecule has 3 N–H and O–H groups in total. The van der Waals surface area contributed by atoms with Crippen LogP contribution in [-0.4, -0.2) is 15.7 Å². The molecule has 0 radical (unpaired) electrons. The molecule has 138 valence electrons. The summed E-state index contributed by atoms with van der Waals surface area (Å²) in [6.45, 7) is 2.80. The topological polar surface area (TPSA) is 76.2 Å². The quantitative estimate of drug-likeness (QED) is 0.708. The van der Waals surface area contributed by atoms with Crippen LogP contribution in [0.2, 0.25) is 5.02 Å². The average molecular weight is 382 g/mol. The van der Waals surface area contributed by atoms with E-state index in [1.807, 2.05) is 38.2 Å². The molecule has 2 heterocycles. The number of fused-ring (bicyclic) bond motifs is 2. The molecule has 27 heavy (non-hydrogen) atoms. The van der Waals surface area contributed by atoms with Gasteiger partial charge in [0.25, 0.3) is 5.91 Å². The summed E-state index contributed by atoms with van der Waals surface area (Å²) in [4.78, 5) is 15.1. The fourth-order valence-corrected chi connectivity index (χ4v) is 3.60. The summed E-state index contributed by atoms with van der Waals surface area (Å²) in [5, 5.41) is 8.14. The Hall–Kier alpha value is -2.83. The van der Waals surface area contributed by atoms with Gasteiger partial charge in [0, 0.05) is 19.2 Å². The van der Waals surface area contributed by atoms with Crippen LogP contribution in [0, 0.1) is 6.92 Å². The van der Waals surface area contributed by atoms with E-state index in [9.17, 15) is 4.79 Å². The number of halogens is 1. The molecule has 0 atom stereocenters. The molecule has 0 fully saturated rings. The summed E-state index contributed by atoms with van der Waals surface area (Å²) in [6.07, 6.45) is 1.78. The number of benzene rings is 2. The number of aromatic nitrogens is 2. The molecule has 1 amide bonds. The number of nitrogens with one attached hydrogen (secondary N) is 1. The third-order valence-corrected chi connectivity index (χ3v) is 5.10. The van der Waals surface area contributed by atoms with Gasteiger partial charge >= 0.3 is 0 Å². The van der Waals surface area contributed by atoms with Gasteiger partial charge in [0.15, 0.2) is 0 Å². The number of amides is 1. The Morgan fingerprint density at radius 2 is 2.11 bits per heavy atom. The van der Waals surface area contributed by atoms with E-state index in [0.717, 1.165) is 33.9 Å². The molecular weight excluding hydrogens is 362 g/mol. The highest BCUT2D eigenvalue weighted by atomic mass is 35.5. The van der Waals surface area contributed by atoms with Crippen molar-refractivity contribution in [2.75, 3.05) is 10.2 Å². The summed E-state index contributed by atoms with van der Waals surface area (Å²) in [7, 11) is 1.88. The number of carbonyl (C=O) groups excluding carboxylic acids is 1. The molecule has 0 aliphatic carbocycles. The molecule has 1 aliphatic heterocycles. The lowest BCUT2D eigenvalue weighted by Crippen LogP contribution is -2.30. The fraction of sp³-hybridized carbons (Fsp3) is 0.200. The smallest absolute Gasteiger partial charge is 0.260 e. The first kappa shape index (κ1) is 17.6. The second-order valence-corrected chi connectivity index (χ2v) is 7.10. The number of hydrogen-bond acceptors (Lipinski definition) is 4. The summed E-state index contributed by atoms with van der Waals surface area (Å²) in [5.74, 6) is 0.717. The van der Waals surface area contributed by atoms with E-state index in [0.29, 0.717) is 23.7 Å². The van der Waals surface area contributed by atoms with Crippen molar-refractivity contribution in [2.24, 2.45) is 12.8 Å². The molecule has 0 spiro atoms. The van der Waals surface area contributed by atoms with Crippen molar-refractivity contribution in [3.05, 3.63) is 69.9 Å². The second kappa shape index (κ2) is 6.72. The Labute approximate surface area is 162 Å². The van der Waals surface area contributed by atoms with Crippen LogP contribution in [-0.2, 0) is 20.1 Å². The zero-order chi connectivity index (χ0) is 19.1. The second-order valence-electron chi connectivity index (χ2n) is 6.70. The first-order valence-corrected chi connectivity index (χ1v) is 9.04. The van der Waals surface area contributed by atoms with Crippen molar-refractivity contribution < 1.29 is 4.79 Å². The van der Waals surface area contributed by atoms with Crippen LogP contribution in [0.25, 0.3) is 0 Å². The number of anilines is 3. The van der Waals surface area contributed by atoms with Crippen molar-refractivity contribution >= 4 is 34.7 Å². The van der Waals surface area contributed by atoms with E-state index in [1.54, 1.807) is 27.9 Å². The molecular formula is C20H20ClN5O. The van der Waals surface area contributed by atoms with Gasteiger partial charge < -0.3 is 16.0 Å². The summed E-state index contributed by atoms with van der Waals surface area (Å²) >= 11 is 6.38. The lowest BCUT2D eigenvalue weighted by atomic mass is 10.1. The zero-order valence-corrected chi connectivity index (χ0v) is 15.9. The monoisotopic (exact) mass is 381 g/mol. The molecule has 7 heteroatoms. The van der Waals surface area contributed by atoms with Crippen molar-refractivity contribution in [1.82, 2.24) is 9.78 Å². The van der Waals surface area contributed by atoms with E-state index >= 15 is 0 Å². The lowest BCUT2D eigenvalue weighted by molar-refractivity contribution is 0.0985. The maximum Gasteiger partial charge on any atom is 0.260 e. The van der Waals surface area contributed by atoms with Gasteiger partial charge in [-0.25, -0.2) is 0 Å². The van der Waals surface area contributed by atoms with Gasteiger partial charge in [-0.1, -0.05) is 23.7 Å². The number of carbonyl (C=O) groups is 1. The van der Waals surface area contributed by atoms with Gasteiger partial charge in [-0.05, 0) is 42.3 Å². The van der Waals surface area contributed by atoms with Crippen LogP contribution in [0.5, 0.6) is 0 Å². The standard InChI is InChI=1S/C20H20ClN5O/c1-12-3-6-18-17(7-12)24-19-14(10-23-25(19)2)11-26(18)20(27)15-5-4-13(9-22)8-16(15)21/h3-8,10,24H,9,11,22H2,1-2H3. The first-order chi connectivity index (χ1) is 13.0. The van der Waals surface area contributed by atoms with Gasteiger partial charge in [0.05, 0.1) is 34.7 Å². The Bertz CT molecular complexity index is 1040. The predicted octanol–water partition coefficient (Wildman–Crippen LogP) is 3.74. The fourth-order valence-electron chi connectivity index (χ4n) is 3.31. The highest BCUT2D eigenvalue weighted by Gasteiger charge is 2.27. The molecule has 0 bridgehead atoms. The van der Waals surface area contributed by atoms with Crippen molar-refractivity contribution in [3.8, 4) is 0 Å². The van der Waals surface area contributed by atoms with Crippen LogP contribution >= 0.6 is 11.6 Å². The molecule has 4 rings (SSSR count). The van der Waals surface area contributed by atoms with Crippen LogP contribution in [0.1, 0.15) is 27.0 Å². The highest BCUT2D eigenvalue weighted by molar-refractivity contribution is 6.34. The molecule has 1 aromatic heterocycles. The van der Waals surface area contributed by atoms with Crippen LogP contribution < -0.4 is 16.0 Å². The minimum Gasteiger partial charge on any atom is -0.338 e. The Balaban J connectivity index is 1.83. The number of hydrogen-bond donors (Lipinski definition) is 2. The predicted molar refractivity (Wildman–Crippen MR) is 108 cm³/mol. The van der Waals surface area contributed by atoms with Gasteiger partial charge in [-0.3, -0.25) is 9.48 Å². The van der Waals surface area contributed by atoms with Gasteiger partial charge in [-0.15, -0.1) is 0 Å². The lowest BCUT2D eigenvalue weighted by Gasteiger charge is -2.23. The Morgan fingerprint density at radius 1 is 1.30 bits per heavy atom. The van der Waals surface area contributed by atoms with E-state index in [4.69, 9.17) is 17.3 Å².